The summed E-state index contributed by atoms with van der Waals surface area (Å²) in [6.45, 7) is 10.0. The Kier molecular flexibility index (Phi) is 6.90. The fourth-order valence-corrected chi connectivity index (χ4v) is 4.49. The van der Waals surface area contributed by atoms with Crippen LogP contribution < -0.4 is 10.6 Å². The van der Waals surface area contributed by atoms with Gasteiger partial charge >= 0.3 is 0 Å². The predicted octanol–water partition coefficient (Wildman–Crippen LogP) is 5.30. The SMILES string of the molecule is CCc1[nH]ncc1-c1ccc(C2(C(=O)Nc3cccc(C#CC(C)(C)C)c3)CCNCC2)cc1. The zero-order valence-corrected chi connectivity index (χ0v) is 20.6. The van der Waals surface area contributed by atoms with Crippen LogP contribution in [0.2, 0.25) is 0 Å². The van der Waals surface area contributed by atoms with E-state index in [1.54, 1.807) is 0 Å². The first-order chi connectivity index (χ1) is 16.3. The number of piperidine rings is 1. The summed E-state index contributed by atoms with van der Waals surface area (Å²) in [7, 11) is 0. The molecule has 2 heterocycles. The maximum atomic E-state index is 13.7. The summed E-state index contributed by atoms with van der Waals surface area (Å²) < 4.78 is 0. The van der Waals surface area contributed by atoms with Crippen molar-refractivity contribution in [3.8, 4) is 23.0 Å². The van der Waals surface area contributed by atoms with E-state index < -0.39 is 5.41 Å². The molecule has 3 N–H and O–H groups in total. The molecule has 0 saturated carbocycles. The Balaban J connectivity index is 1.60. The monoisotopic (exact) mass is 454 g/mol. The quantitative estimate of drug-likeness (QED) is 0.459. The smallest absolute Gasteiger partial charge is 0.235 e. The third kappa shape index (κ3) is 5.24. The highest BCUT2D eigenvalue weighted by Crippen LogP contribution is 2.36. The van der Waals surface area contributed by atoms with Crippen molar-refractivity contribution in [3.63, 3.8) is 0 Å². The van der Waals surface area contributed by atoms with Crippen LogP contribution in [0.15, 0.2) is 54.7 Å². The number of carbonyl (C=O) groups is 1. The van der Waals surface area contributed by atoms with Gasteiger partial charge in [-0.2, -0.15) is 5.10 Å². The molecule has 0 bridgehead atoms. The Labute approximate surface area is 202 Å². The number of carbonyl (C=O) groups excluding carboxylic acids is 1. The molecule has 0 radical (unpaired) electrons. The topological polar surface area (TPSA) is 69.8 Å². The van der Waals surface area contributed by atoms with Crippen molar-refractivity contribution < 1.29 is 4.79 Å². The van der Waals surface area contributed by atoms with Gasteiger partial charge in [0.25, 0.3) is 0 Å². The van der Waals surface area contributed by atoms with Crippen molar-refractivity contribution in [2.45, 2.75) is 52.4 Å². The van der Waals surface area contributed by atoms with Crippen molar-refractivity contribution in [2.75, 3.05) is 18.4 Å². The summed E-state index contributed by atoms with van der Waals surface area (Å²) >= 11 is 0. The lowest BCUT2D eigenvalue weighted by Crippen LogP contribution is -2.48. The molecule has 0 atom stereocenters. The second kappa shape index (κ2) is 9.87. The lowest BCUT2D eigenvalue weighted by atomic mass is 9.72. The Morgan fingerprint density at radius 1 is 1.12 bits per heavy atom. The standard InChI is InChI=1S/C29H34N4O/c1-5-26-25(20-31-33-26)22-9-11-23(12-10-22)29(15-17-30-18-16-29)27(34)32-24-8-6-7-21(19-24)13-14-28(2,3)4/h6-12,19-20,30H,5,15-18H2,1-4H3,(H,31,33)(H,32,34). The minimum Gasteiger partial charge on any atom is -0.325 e. The third-order valence-corrected chi connectivity index (χ3v) is 6.41. The number of aryl methyl sites for hydroxylation is 1. The highest BCUT2D eigenvalue weighted by atomic mass is 16.2. The van der Waals surface area contributed by atoms with Gasteiger partial charge in [0, 0.05) is 27.9 Å². The number of nitrogens with one attached hydrogen (secondary N) is 3. The summed E-state index contributed by atoms with van der Waals surface area (Å²) in [6, 6.07) is 16.3. The first-order valence-corrected chi connectivity index (χ1v) is 12.1. The molecule has 1 saturated heterocycles. The highest BCUT2D eigenvalue weighted by molar-refractivity contribution is 5.99. The van der Waals surface area contributed by atoms with Gasteiger partial charge in [-0.25, -0.2) is 0 Å². The summed E-state index contributed by atoms with van der Waals surface area (Å²) in [4.78, 5) is 13.7. The molecule has 0 unspecified atom stereocenters. The molecule has 1 aliphatic rings. The van der Waals surface area contributed by atoms with Crippen molar-refractivity contribution in [2.24, 2.45) is 5.41 Å². The number of anilines is 1. The van der Waals surface area contributed by atoms with E-state index in [2.05, 4.69) is 84.6 Å². The number of aromatic amines is 1. The van der Waals surface area contributed by atoms with Crippen LogP contribution in [0.1, 0.15) is 57.4 Å². The average Bonchev–Trinajstić information content (AvgIpc) is 3.32. The second-order valence-electron chi connectivity index (χ2n) is 10.1. The van der Waals surface area contributed by atoms with Gasteiger partial charge in [-0.3, -0.25) is 9.89 Å². The van der Waals surface area contributed by atoms with E-state index >= 15 is 0 Å². The van der Waals surface area contributed by atoms with Crippen LogP contribution in [-0.4, -0.2) is 29.2 Å². The van der Waals surface area contributed by atoms with Crippen LogP contribution in [-0.2, 0) is 16.6 Å². The van der Waals surface area contributed by atoms with E-state index in [0.717, 1.165) is 66.0 Å². The van der Waals surface area contributed by atoms with Crippen LogP contribution in [0, 0.1) is 17.3 Å². The van der Waals surface area contributed by atoms with Crippen LogP contribution in [0.3, 0.4) is 0 Å². The molecule has 34 heavy (non-hydrogen) atoms. The molecular formula is C29H34N4O. The van der Waals surface area contributed by atoms with E-state index in [1.165, 1.54) is 0 Å². The maximum Gasteiger partial charge on any atom is 0.235 e. The molecule has 4 rings (SSSR count). The van der Waals surface area contributed by atoms with Crippen LogP contribution >= 0.6 is 0 Å². The zero-order chi connectivity index (χ0) is 24.2. The number of amides is 1. The van der Waals surface area contributed by atoms with Crippen LogP contribution in [0.5, 0.6) is 0 Å². The summed E-state index contributed by atoms with van der Waals surface area (Å²) in [5.41, 5.74) is 5.46. The predicted molar refractivity (Wildman–Crippen MR) is 139 cm³/mol. The molecule has 3 aromatic rings. The number of hydrogen-bond acceptors (Lipinski definition) is 3. The van der Waals surface area contributed by atoms with Crippen molar-refractivity contribution >= 4 is 11.6 Å². The summed E-state index contributed by atoms with van der Waals surface area (Å²) in [5, 5.41) is 13.9. The Morgan fingerprint density at radius 3 is 2.53 bits per heavy atom. The molecule has 2 aromatic carbocycles. The number of rotatable bonds is 5. The number of benzene rings is 2. The molecule has 5 heteroatoms. The molecular weight excluding hydrogens is 420 g/mol. The number of aromatic nitrogens is 2. The summed E-state index contributed by atoms with van der Waals surface area (Å²) in [6.07, 6.45) is 4.28. The van der Waals surface area contributed by atoms with Crippen molar-refractivity contribution in [1.29, 1.82) is 0 Å². The second-order valence-corrected chi connectivity index (χ2v) is 10.1. The fourth-order valence-electron chi connectivity index (χ4n) is 4.49. The zero-order valence-electron chi connectivity index (χ0n) is 20.6. The molecule has 0 spiro atoms. The molecule has 1 fully saturated rings. The van der Waals surface area contributed by atoms with Gasteiger partial charge in [-0.15, -0.1) is 0 Å². The molecule has 1 aliphatic heterocycles. The van der Waals surface area contributed by atoms with Gasteiger partial charge in [0.05, 0.1) is 11.6 Å². The third-order valence-electron chi connectivity index (χ3n) is 6.41. The van der Waals surface area contributed by atoms with Crippen molar-refractivity contribution in [1.82, 2.24) is 15.5 Å². The highest BCUT2D eigenvalue weighted by Gasteiger charge is 2.41. The van der Waals surface area contributed by atoms with Gasteiger partial charge in [0.2, 0.25) is 5.91 Å². The molecule has 1 aromatic heterocycles. The first-order valence-electron chi connectivity index (χ1n) is 12.1. The lowest BCUT2D eigenvalue weighted by molar-refractivity contribution is -0.122. The van der Waals surface area contributed by atoms with E-state index in [4.69, 9.17) is 0 Å². The Morgan fingerprint density at radius 2 is 1.85 bits per heavy atom. The van der Waals surface area contributed by atoms with Crippen molar-refractivity contribution in [3.05, 3.63) is 71.5 Å². The molecule has 0 aliphatic carbocycles. The average molecular weight is 455 g/mol. The fraction of sp³-hybridized carbons (Fsp3) is 0.379. The largest absolute Gasteiger partial charge is 0.325 e. The normalized spacial score (nSPS) is 15.3. The van der Waals surface area contributed by atoms with E-state index in [-0.39, 0.29) is 11.3 Å². The summed E-state index contributed by atoms with van der Waals surface area (Å²) in [5.74, 6) is 6.53. The Bertz CT molecular complexity index is 1200. The minimum atomic E-state index is -0.569. The number of nitrogens with zero attached hydrogens (tertiary/aromatic N) is 1. The van der Waals surface area contributed by atoms with Crippen LogP contribution in [0.25, 0.3) is 11.1 Å². The first kappa shape index (κ1) is 23.8. The van der Waals surface area contributed by atoms with E-state index in [9.17, 15) is 4.79 Å². The van der Waals surface area contributed by atoms with Gasteiger partial charge in [0.1, 0.15) is 0 Å². The molecule has 1 amide bonds. The van der Waals surface area contributed by atoms with E-state index in [0.29, 0.717) is 0 Å². The minimum absolute atomic E-state index is 0.0419. The van der Waals surface area contributed by atoms with Gasteiger partial charge in [-0.1, -0.05) is 49.1 Å². The molecule has 176 valence electrons. The number of hydrogen-bond donors (Lipinski definition) is 3. The van der Waals surface area contributed by atoms with Crippen LogP contribution in [0.4, 0.5) is 5.69 Å². The number of H-pyrrole nitrogens is 1. The van der Waals surface area contributed by atoms with Gasteiger partial charge in [0.15, 0.2) is 0 Å². The lowest BCUT2D eigenvalue weighted by Gasteiger charge is -2.37. The molecule has 5 nitrogen and oxygen atoms in total. The Hall–Kier alpha value is -3.36. The maximum absolute atomic E-state index is 13.7. The van der Waals surface area contributed by atoms with E-state index in [1.807, 2.05) is 30.5 Å². The van der Waals surface area contributed by atoms with Gasteiger partial charge < -0.3 is 10.6 Å². The van der Waals surface area contributed by atoms with Gasteiger partial charge in [-0.05, 0) is 82.4 Å².